The molecule has 0 saturated carbocycles. The molecule has 0 aliphatic rings. The molecule has 0 spiro atoms. The third-order valence-electron chi connectivity index (χ3n) is 2.91. The minimum atomic E-state index is -0.545. The Morgan fingerprint density at radius 2 is 1.95 bits per heavy atom. The largest absolute Gasteiger partial charge is 0.345 e. The molecule has 0 aliphatic heterocycles. The number of nitrogens with zero attached hydrogens (tertiary/aromatic N) is 3. The van der Waals surface area contributed by atoms with Gasteiger partial charge in [-0.3, -0.25) is 9.20 Å². The van der Waals surface area contributed by atoms with Crippen molar-refractivity contribution in [3.8, 4) is 0 Å². The van der Waals surface area contributed by atoms with Crippen molar-refractivity contribution in [1.29, 1.82) is 0 Å². The second-order valence-corrected chi connectivity index (χ2v) is 4.21. The van der Waals surface area contributed by atoms with Crippen molar-refractivity contribution in [3.05, 3.63) is 65.9 Å². The van der Waals surface area contributed by atoms with E-state index >= 15 is 0 Å². The summed E-state index contributed by atoms with van der Waals surface area (Å²) in [4.78, 5) is 11.9. The topological polar surface area (TPSA) is 59.3 Å². The lowest BCUT2D eigenvalue weighted by Crippen LogP contribution is -2.24. The molecule has 0 bridgehead atoms. The zero-order valence-electron chi connectivity index (χ0n) is 10.5. The van der Waals surface area contributed by atoms with Crippen LogP contribution in [0.25, 0.3) is 5.65 Å². The molecule has 0 aliphatic carbocycles. The Kier molecular flexibility index (Phi) is 3.12. The van der Waals surface area contributed by atoms with Crippen LogP contribution in [0.4, 0.5) is 4.39 Å². The van der Waals surface area contributed by atoms with E-state index in [9.17, 15) is 9.18 Å². The van der Waals surface area contributed by atoms with Crippen molar-refractivity contribution in [2.75, 3.05) is 0 Å². The van der Waals surface area contributed by atoms with Crippen LogP contribution >= 0.6 is 0 Å². The van der Waals surface area contributed by atoms with Crippen LogP contribution in [0.1, 0.15) is 16.2 Å². The minimum absolute atomic E-state index is 0.0151. The van der Waals surface area contributed by atoms with Crippen molar-refractivity contribution >= 4 is 11.6 Å². The quantitative estimate of drug-likeness (QED) is 0.789. The van der Waals surface area contributed by atoms with Crippen LogP contribution < -0.4 is 5.32 Å². The van der Waals surface area contributed by atoms with E-state index in [0.29, 0.717) is 11.5 Å². The first-order valence-corrected chi connectivity index (χ1v) is 6.07. The molecule has 1 aromatic carbocycles. The third-order valence-corrected chi connectivity index (χ3v) is 2.91. The lowest BCUT2D eigenvalue weighted by atomic mass is 10.2. The van der Waals surface area contributed by atoms with Crippen LogP contribution in [0.5, 0.6) is 0 Å². The van der Waals surface area contributed by atoms with Gasteiger partial charge in [-0.2, -0.15) is 0 Å². The monoisotopic (exact) mass is 270 g/mol. The molecule has 0 radical (unpaired) electrons. The summed E-state index contributed by atoms with van der Waals surface area (Å²) in [6.45, 7) is 0.179. The van der Waals surface area contributed by atoms with Crippen LogP contribution in [0.3, 0.4) is 0 Å². The Bertz CT molecular complexity index is 768. The van der Waals surface area contributed by atoms with Gasteiger partial charge >= 0.3 is 0 Å². The molecule has 0 unspecified atom stereocenters. The number of rotatable bonds is 3. The van der Waals surface area contributed by atoms with Crippen molar-refractivity contribution < 1.29 is 9.18 Å². The summed E-state index contributed by atoms with van der Waals surface area (Å²) in [6, 6.07) is 11.4. The molecule has 0 saturated heterocycles. The highest BCUT2D eigenvalue weighted by Crippen LogP contribution is 2.07. The van der Waals surface area contributed by atoms with E-state index in [2.05, 4.69) is 15.5 Å². The Labute approximate surface area is 114 Å². The van der Waals surface area contributed by atoms with E-state index in [1.807, 2.05) is 18.2 Å². The van der Waals surface area contributed by atoms with E-state index in [0.717, 1.165) is 0 Å². The first kappa shape index (κ1) is 12.3. The minimum Gasteiger partial charge on any atom is -0.345 e. The van der Waals surface area contributed by atoms with Gasteiger partial charge in [0.1, 0.15) is 5.82 Å². The van der Waals surface area contributed by atoms with Gasteiger partial charge in [-0.1, -0.05) is 18.2 Å². The number of carbonyl (C=O) groups excluding carboxylic acids is 1. The first-order valence-electron chi connectivity index (χ1n) is 6.07. The molecule has 20 heavy (non-hydrogen) atoms. The summed E-state index contributed by atoms with van der Waals surface area (Å²) in [6.07, 6.45) is 1.81. The molecule has 1 amide bonds. The van der Waals surface area contributed by atoms with Gasteiger partial charge < -0.3 is 5.32 Å². The van der Waals surface area contributed by atoms with Gasteiger partial charge in [0.15, 0.2) is 11.5 Å². The van der Waals surface area contributed by atoms with Crippen LogP contribution in [0.15, 0.2) is 48.7 Å². The number of fused-ring (bicyclic) bond motifs is 1. The maximum atomic E-state index is 13.5. The van der Waals surface area contributed by atoms with Gasteiger partial charge in [-0.05, 0) is 24.3 Å². The molecule has 0 fully saturated rings. The highest BCUT2D eigenvalue weighted by molar-refractivity contribution is 5.94. The van der Waals surface area contributed by atoms with E-state index in [1.165, 1.54) is 18.2 Å². The van der Waals surface area contributed by atoms with Crippen molar-refractivity contribution in [3.63, 3.8) is 0 Å². The lowest BCUT2D eigenvalue weighted by molar-refractivity contribution is 0.0945. The molecular formula is C14H11FN4O. The van der Waals surface area contributed by atoms with Crippen LogP contribution in [-0.4, -0.2) is 20.5 Å². The summed E-state index contributed by atoms with van der Waals surface area (Å²) in [5, 5.41) is 10.6. The van der Waals surface area contributed by atoms with Gasteiger partial charge in [0.25, 0.3) is 5.91 Å². The van der Waals surface area contributed by atoms with E-state index in [1.54, 1.807) is 16.7 Å². The zero-order valence-corrected chi connectivity index (χ0v) is 10.5. The van der Waals surface area contributed by atoms with Gasteiger partial charge in [0, 0.05) is 6.20 Å². The number of aromatic nitrogens is 3. The van der Waals surface area contributed by atoms with E-state index in [4.69, 9.17) is 0 Å². The Morgan fingerprint density at radius 3 is 2.80 bits per heavy atom. The Balaban J connectivity index is 1.77. The molecule has 3 rings (SSSR count). The maximum Gasteiger partial charge on any atom is 0.254 e. The molecule has 0 atom stereocenters. The second-order valence-electron chi connectivity index (χ2n) is 4.21. The standard InChI is InChI=1S/C14H11FN4O/c15-11-6-2-1-5-10(11)14(20)16-9-13-18-17-12-7-3-4-8-19(12)13/h1-8H,9H2,(H,16,20). The summed E-state index contributed by atoms with van der Waals surface area (Å²) >= 11 is 0. The average Bonchev–Trinajstić information content (AvgIpc) is 2.88. The molecule has 100 valence electrons. The number of benzene rings is 1. The van der Waals surface area contributed by atoms with E-state index < -0.39 is 11.7 Å². The maximum absolute atomic E-state index is 13.5. The summed E-state index contributed by atoms with van der Waals surface area (Å²) < 4.78 is 15.2. The number of amides is 1. The molecular weight excluding hydrogens is 259 g/mol. The number of carbonyl (C=O) groups is 1. The molecule has 3 aromatic rings. The van der Waals surface area contributed by atoms with Gasteiger partial charge in [-0.25, -0.2) is 4.39 Å². The average molecular weight is 270 g/mol. The van der Waals surface area contributed by atoms with Gasteiger partial charge in [-0.15, -0.1) is 10.2 Å². The fourth-order valence-electron chi connectivity index (χ4n) is 1.91. The predicted molar refractivity (Wildman–Crippen MR) is 70.6 cm³/mol. The second kappa shape index (κ2) is 5.08. The Morgan fingerprint density at radius 1 is 1.15 bits per heavy atom. The third kappa shape index (κ3) is 2.23. The van der Waals surface area contributed by atoms with Crippen LogP contribution in [-0.2, 0) is 6.54 Å². The van der Waals surface area contributed by atoms with E-state index in [-0.39, 0.29) is 12.1 Å². The first-order chi connectivity index (χ1) is 9.75. The number of nitrogens with one attached hydrogen (secondary N) is 1. The predicted octanol–water partition coefficient (Wildman–Crippen LogP) is 1.80. The van der Waals surface area contributed by atoms with Gasteiger partial charge in [0.05, 0.1) is 12.1 Å². The normalized spacial score (nSPS) is 10.7. The molecule has 1 N–H and O–H groups in total. The van der Waals surface area contributed by atoms with Crippen LogP contribution in [0.2, 0.25) is 0 Å². The smallest absolute Gasteiger partial charge is 0.254 e. The number of hydrogen-bond acceptors (Lipinski definition) is 3. The SMILES string of the molecule is O=C(NCc1nnc2ccccn12)c1ccccc1F. The number of halogens is 1. The summed E-state index contributed by atoms with van der Waals surface area (Å²) in [5.74, 6) is -0.433. The number of hydrogen-bond donors (Lipinski definition) is 1. The van der Waals surface area contributed by atoms with Crippen molar-refractivity contribution in [1.82, 2.24) is 19.9 Å². The van der Waals surface area contributed by atoms with Crippen molar-refractivity contribution in [2.45, 2.75) is 6.54 Å². The van der Waals surface area contributed by atoms with Gasteiger partial charge in [0.2, 0.25) is 0 Å². The van der Waals surface area contributed by atoms with Crippen molar-refractivity contribution in [2.24, 2.45) is 0 Å². The highest BCUT2D eigenvalue weighted by Gasteiger charge is 2.12. The summed E-state index contributed by atoms with van der Waals surface area (Å²) in [5.41, 5.74) is 0.712. The molecule has 5 nitrogen and oxygen atoms in total. The highest BCUT2D eigenvalue weighted by atomic mass is 19.1. The lowest BCUT2D eigenvalue weighted by Gasteiger charge is -2.05. The Hall–Kier alpha value is -2.76. The fraction of sp³-hybridized carbons (Fsp3) is 0.0714. The van der Waals surface area contributed by atoms with Crippen LogP contribution in [0, 0.1) is 5.82 Å². The molecule has 2 aromatic heterocycles. The summed E-state index contributed by atoms with van der Waals surface area (Å²) in [7, 11) is 0. The number of pyridine rings is 1. The zero-order chi connectivity index (χ0) is 13.9. The molecule has 2 heterocycles. The molecule has 6 heteroatoms. The fourth-order valence-corrected chi connectivity index (χ4v) is 1.91.